The molecule has 1 atom stereocenters. The molecule has 0 spiro atoms. The Morgan fingerprint density at radius 2 is 2.07 bits per heavy atom. The van der Waals surface area contributed by atoms with Gasteiger partial charge in [-0.05, 0) is 38.5 Å². The fourth-order valence-corrected chi connectivity index (χ4v) is 1.77. The quantitative estimate of drug-likeness (QED) is 0.623. The fraction of sp³-hybridized carbons (Fsp3) is 0.727. The van der Waals surface area contributed by atoms with Crippen LogP contribution in [0, 0.1) is 17.8 Å². The van der Waals surface area contributed by atoms with E-state index >= 15 is 0 Å². The minimum atomic E-state index is -0.260. The average molecular weight is 195 g/mol. The SMILES string of the molecule is CC#CC(=O)N1CCC(C(C)O)CC1. The number of hydrogen-bond acceptors (Lipinski definition) is 2. The van der Waals surface area contributed by atoms with Crippen LogP contribution in [0.25, 0.3) is 0 Å². The maximum atomic E-state index is 11.4. The zero-order valence-corrected chi connectivity index (χ0v) is 8.79. The second-order valence-electron chi connectivity index (χ2n) is 3.75. The van der Waals surface area contributed by atoms with E-state index in [0.29, 0.717) is 5.92 Å². The van der Waals surface area contributed by atoms with Crippen LogP contribution in [0.2, 0.25) is 0 Å². The second kappa shape index (κ2) is 5.02. The van der Waals surface area contributed by atoms with Gasteiger partial charge in [0.05, 0.1) is 6.10 Å². The Morgan fingerprint density at radius 3 is 2.50 bits per heavy atom. The van der Waals surface area contributed by atoms with Gasteiger partial charge in [-0.2, -0.15) is 0 Å². The van der Waals surface area contributed by atoms with E-state index in [1.165, 1.54) is 0 Å². The molecule has 3 heteroatoms. The molecule has 1 aliphatic heterocycles. The van der Waals surface area contributed by atoms with Crippen LogP contribution in [-0.2, 0) is 4.79 Å². The van der Waals surface area contributed by atoms with Crippen LogP contribution in [0.3, 0.4) is 0 Å². The van der Waals surface area contributed by atoms with Gasteiger partial charge >= 0.3 is 0 Å². The Labute approximate surface area is 85.1 Å². The van der Waals surface area contributed by atoms with Gasteiger partial charge < -0.3 is 10.0 Å². The summed E-state index contributed by atoms with van der Waals surface area (Å²) in [4.78, 5) is 13.1. The minimum Gasteiger partial charge on any atom is -0.393 e. The number of carbonyl (C=O) groups excluding carboxylic acids is 1. The number of aliphatic hydroxyl groups excluding tert-OH is 1. The van der Waals surface area contributed by atoms with Crippen LogP contribution in [0.15, 0.2) is 0 Å². The van der Waals surface area contributed by atoms with Gasteiger partial charge in [0.1, 0.15) is 0 Å². The van der Waals surface area contributed by atoms with Gasteiger partial charge in [-0.3, -0.25) is 4.79 Å². The molecule has 1 heterocycles. The first-order chi connectivity index (χ1) is 6.65. The number of piperidine rings is 1. The first-order valence-corrected chi connectivity index (χ1v) is 5.05. The predicted molar refractivity (Wildman–Crippen MR) is 54.4 cm³/mol. The Bertz CT molecular complexity index is 254. The molecule has 14 heavy (non-hydrogen) atoms. The van der Waals surface area contributed by atoms with Crippen molar-refractivity contribution in [2.45, 2.75) is 32.8 Å². The van der Waals surface area contributed by atoms with E-state index in [1.54, 1.807) is 11.8 Å². The highest BCUT2D eigenvalue weighted by Gasteiger charge is 2.24. The molecule has 1 fully saturated rings. The van der Waals surface area contributed by atoms with E-state index in [1.807, 2.05) is 6.92 Å². The van der Waals surface area contributed by atoms with Crippen molar-refractivity contribution in [2.24, 2.45) is 5.92 Å². The number of rotatable bonds is 1. The molecule has 0 aromatic rings. The smallest absolute Gasteiger partial charge is 0.298 e. The standard InChI is InChI=1S/C11H17NO2/c1-3-4-11(14)12-7-5-10(6-8-12)9(2)13/h9-10,13H,5-8H2,1-2H3. The first-order valence-electron chi connectivity index (χ1n) is 5.05. The van der Waals surface area contributed by atoms with E-state index in [-0.39, 0.29) is 12.0 Å². The van der Waals surface area contributed by atoms with Gasteiger partial charge in [-0.1, -0.05) is 5.92 Å². The molecule has 3 nitrogen and oxygen atoms in total. The molecule has 0 aromatic carbocycles. The zero-order chi connectivity index (χ0) is 10.6. The van der Waals surface area contributed by atoms with Crippen LogP contribution >= 0.6 is 0 Å². The zero-order valence-electron chi connectivity index (χ0n) is 8.79. The van der Waals surface area contributed by atoms with Crippen LogP contribution in [0.4, 0.5) is 0 Å². The molecule has 1 unspecified atom stereocenters. The molecule has 0 aliphatic carbocycles. The number of aliphatic hydroxyl groups is 1. The van der Waals surface area contributed by atoms with Crippen LogP contribution < -0.4 is 0 Å². The summed E-state index contributed by atoms with van der Waals surface area (Å²) in [5.41, 5.74) is 0. The topological polar surface area (TPSA) is 40.5 Å². The third-order valence-corrected chi connectivity index (χ3v) is 2.74. The van der Waals surface area contributed by atoms with Gasteiger partial charge in [0.25, 0.3) is 5.91 Å². The van der Waals surface area contributed by atoms with E-state index in [2.05, 4.69) is 11.8 Å². The number of carbonyl (C=O) groups is 1. The molecule has 0 aromatic heterocycles. The van der Waals surface area contributed by atoms with Gasteiger partial charge in [-0.15, -0.1) is 0 Å². The summed E-state index contributed by atoms with van der Waals surface area (Å²) in [5, 5.41) is 9.37. The molecule has 1 amide bonds. The Morgan fingerprint density at radius 1 is 1.50 bits per heavy atom. The number of amides is 1. The van der Waals surface area contributed by atoms with Crippen molar-refractivity contribution in [1.82, 2.24) is 4.90 Å². The highest BCUT2D eigenvalue weighted by molar-refractivity contribution is 5.93. The number of hydrogen-bond donors (Lipinski definition) is 1. The predicted octanol–water partition coefficient (Wildman–Crippen LogP) is 0.629. The van der Waals surface area contributed by atoms with Crippen molar-refractivity contribution in [3.63, 3.8) is 0 Å². The summed E-state index contributed by atoms with van der Waals surface area (Å²) >= 11 is 0. The van der Waals surface area contributed by atoms with Crippen molar-refractivity contribution < 1.29 is 9.90 Å². The Balaban J connectivity index is 2.42. The maximum Gasteiger partial charge on any atom is 0.298 e. The summed E-state index contributed by atoms with van der Waals surface area (Å²) in [6, 6.07) is 0. The molecular weight excluding hydrogens is 178 g/mol. The summed E-state index contributed by atoms with van der Waals surface area (Å²) in [6.45, 7) is 4.93. The van der Waals surface area contributed by atoms with Gasteiger partial charge in [0.2, 0.25) is 0 Å². The third-order valence-electron chi connectivity index (χ3n) is 2.74. The molecule has 78 valence electrons. The molecule has 1 aliphatic rings. The van der Waals surface area contributed by atoms with Crippen molar-refractivity contribution in [3.05, 3.63) is 0 Å². The van der Waals surface area contributed by atoms with Gasteiger partial charge in [0, 0.05) is 13.1 Å². The molecule has 1 N–H and O–H groups in total. The molecule has 0 bridgehead atoms. The van der Waals surface area contributed by atoms with E-state index in [0.717, 1.165) is 25.9 Å². The third kappa shape index (κ3) is 2.74. The lowest BCUT2D eigenvalue weighted by Gasteiger charge is -2.32. The fourth-order valence-electron chi connectivity index (χ4n) is 1.77. The minimum absolute atomic E-state index is 0.0865. The lowest BCUT2D eigenvalue weighted by atomic mass is 9.92. The van der Waals surface area contributed by atoms with Gasteiger partial charge in [-0.25, -0.2) is 0 Å². The summed E-state index contributed by atoms with van der Waals surface area (Å²) in [7, 11) is 0. The number of likely N-dealkylation sites (tertiary alicyclic amines) is 1. The lowest BCUT2D eigenvalue weighted by Crippen LogP contribution is -2.40. The highest BCUT2D eigenvalue weighted by atomic mass is 16.3. The van der Waals surface area contributed by atoms with Crippen molar-refractivity contribution >= 4 is 5.91 Å². The molecular formula is C11H17NO2. The van der Waals surface area contributed by atoms with E-state index in [9.17, 15) is 9.90 Å². The van der Waals surface area contributed by atoms with E-state index in [4.69, 9.17) is 0 Å². The highest BCUT2D eigenvalue weighted by Crippen LogP contribution is 2.20. The first kappa shape index (κ1) is 11.1. The Kier molecular flexibility index (Phi) is 3.97. The van der Waals surface area contributed by atoms with Crippen LogP contribution in [0.5, 0.6) is 0 Å². The number of nitrogens with zero attached hydrogens (tertiary/aromatic N) is 1. The van der Waals surface area contributed by atoms with Crippen molar-refractivity contribution in [1.29, 1.82) is 0 Å². The lowest BCUT2D eigenvalue weighted by molar-refractivity contribution is -0.126. The monoisotopic (exact) mass is 195 g/mol. The molecule has 1 saturated heterocycles. The van der Waals surface area contributed by atoms with Crippen LogP contribution in [-0.4, -0.2) is 35.1 Å². The summed E-state index contributed by atoms with van der Waals surface area (Å²) < 4.78 is 0. The maximum absolute atomic E-state index is 11.4. The Hall–Kier alpha value is -1.01. The van der Waals surface area contributed by atoms with Crippen molar-refractivity contribution in [3.8, 4) is 11.8 Å². The molecule has 0 saturated carbocycles. The van der Waals surface area contributed by atoms with E-state index < -0.39 is 0 Å². The normalized spacial score (nSPS) is 19.8. The molecule has 1 rings (SSSR count). The van der Waals surface area contributed by atoms with Crippen LogP contribution in [0.1, 0.15) is 26.7 Å². The second-order valence-corrected chi connectivity index (χ2v) is 3.75. The summed E-state index contributed by atoms with van der Waals surface area (Å²) in [6.07, 6.45) is 1.51. The van der Waals surface area contributed by atoms with Gasteiger partial charge in [0.15, 0.2) is 0 Å². The molecule has 0 radical (unpaired) electrons. The average Bonchev–Trinajstić information content (AvgIpc) is 2.18. The van der Waals surface area contributed by atoms with Crippen molar-refractivity contribution in [2.75, 3.05) is 13.1 Å². The largest absolute Gasteiger partial charge is 0.393 e. The summed E-state index contributed by atoms with van der Waals surface area (Å²) in [5.74, 6) is 5.40.